The molecule has 0 saturated carbocycles. The molecule has 1 rings (SSSR count). The van der Waals surface area contributed by atoms with Crippen LogP contribution in [0.15, 0.2) is 32.5 Å². The number of rotatable bonds is 2. The van der Waals surface area contributed by atoms with Crippen LogP contribution in [0, 0.1) is 11.3 Å². The molecule has 0 N–H and O–H groups in total. The first-order chi connectivity index (χ1) is 7.80. The van der Waals surface area contributed by atoms with Crippen LogP contribution in [0.5, 0.6) is 0 Å². The van der Waals surface area contributed by atoms with E-state index >= 15 is 0 Å². The second-order valence-corrected chi connectivity index (χ2v) is 6.46. The van der Waals surface area contributed by atoms with Gasteiger partial charge >= 0.3 is 0 Å². The SMILES string of the molecule is N#C/C(Cl)=C(\Cl)S(=O)(=O)c1cc(Cl)ccc1Cl. The fourth-order valence-electron chi connectivity index (χ4n) is 0.942. The normalized spacial score (nSPS) is 12.9. The summed E-state index contributed by atoms with van der Waals surface area (Å²) in [6.45, 7) is 0. The largest absolute Gasteiger partial charge is 0.221 e. The summed E-state index contributed by atoms with van der Waals surface area (Å²) >= 11 is 22.3. The van der Waals surface area contributed by atoms with Gasteiger partial charge in [-0.15, -0.1) is 0 Å². The Bertz CT molecular complexity index is 631. The Kier molecular flexibility index (Phi) is 4.70. The van der Waals surface area contributed by atoms with Gasteiger partial charge in [0.15, 0.2) is 4.36 Å². The Labute approximate surface area is 118 Å². The molecule has 0 aliphatic rings. The van der Waals surface area contributed by atoms with Crippen LogP contribution in [0.25, 0.3) is 0 Å². The van der Waals surface area contributed by atoms with Gasteiger partial charge in [0.05, 0.1) is 9.92 Å². The Balaban J connectivity index is 3.54. The summed E-state index contributed by atoms with van der Waals surface area (Å²) in [4.78, 5) is -0.301. The number of nitriles is 1. The highest BCUT2D eigenvalue weighted by Gasteiger charge is 2.25. The number of allylic oxidation sites excluding steroid dienone is 1. The molecule has 1 aromatic rings. The van der Waals surface area contributed by atoms with Crippen molar-refractivity contribution in [1.29, 1.82) is 5.26 Å². The van der Waals surface area contributed by atoms with Crippen LogP contribution >= 0.6 is 46.4 Å². The molecular weight excluding hydrogens is 328 g/mol. The first kappa shape index (κ1) is 14.6. The third-order valence-electron chi connectivity index (χ3n) is 1.69. The smallest absolute Gasteiger partial charge is 0.217 e. The van der Waals surface area contributed by atoms with Gasteiger partial charge in [0.25, 0.3) is 0 Å². The highest BCUT2D eigenvalue weighted by Crippen LogP contribution is 2.32. The molecule has 0 spiro atoms. The summed E-state index contributed by atoms with van der Waals surface area (Å²) in [5.74, 6) is 0. The minimum atomic E-state index is -4.13. The van der Waals surface area contributed by atoms with Gasteiger partial charge in [0, 0.05) is 5.02 Å². The topological polar surface area (TPSA) is 57.9 Å². The van der Waals surface area contributed by atoms with Crippen molar-refractivity contribution < 1.29 is 8.42 Å². The number of nitrogens with zero attached hydrogens (tertiary/aromatic N) is 1. The predicted molar refractivity (Wildman–Crippen MR) is 68.0 cm³/mol. The van der Waals surface area contributed by atoms with Crippen molar-refractivity contribution >= 4 is 56.2 Å². The molecule has 0 radical (unpaired) electrons. The molecule has 0 aromatic heterocycles. The van der Waals surface area contributed by atoms with Gasteiger partial charge in [-0.3, -0.25) is 0 Å². The van der Waals surface area contributed by atoms with Gasteiger partial charge in [0.2, 0.25) is 9.84 Å². The molecule has 0 aliphatic heterocycles. The summed E-state index contributed by atoms with van der Waals surface area (Å²) < 4.78 is 23.1. The van der Waals surface area contributed by atoms with Crippen molar-refractivity contribution in [2.75, 3.05) is 0 Å². The molecule has 0 fully saturated rings. The average Bonchev–Trinajstić information content (AvgIpc) is 2.30. The lowest BCUT2D eigenvalue weighted by Crippen LogP contribution is -2.03. The summed E-state index contributed by atoms with van der Waals surface area (Å²) in [5.41, 5.74) is 0. The van der Waals surface area contributed by atoms with E-state index in [1.165, 1.54) is 18.2 Å². The molecule has 0 amide bonds. The Hall–Kier alpha value is -0.440. The van der Waals surface area contributed by atoms with E-state index < -0.39 is 19.2 Å². The predicted octanol–water partition coefficient (Wildman–Crippen LogP) is 3.94. The van der Waals surface area contributed by atoms with Crippen molar-refractivity contribution in [1.82, 2.24) is 0 Å². The van der Waals surface area contributed by atoms with Crippen LogP contribution in [-0.4, -0.2) is 8.42 Å². The zero-order chi connectivity index (χ0) is 13.2. The highest BCUT2D eigenvalue weighted by molar-refractivity contribution is 7.97. The molecule has 0 bridgehead atoms. The lowest BCUT2D eigenvalue weighted by molar-refractivity contribution is 0.604. The van der Waals surface area contributed by atoms with Crippen LogP contribution in [0.3, 0.4) is 0 Å². The van der Waals surface area contributed by atoms with Crippen LogP contribution in [-0.2, 0) is 9.84 Å². The van der Waals surface area contributed by atoms with Gasteiger partial charge in [-0.1, -0.05) is 46.4 Å². The molecule has 1 aromatic carbocycles. The molecule has 17 heavy (non-hydrogen) atoms. The molecule has 0 heterocycles. The van der Waals surface area contributed by atoms with Gasteiger partial charge in [0.1, 0.15) is 11.1 Å². The summed E-state index contributed by atoms with van der Waals surface area (Å²) in [6, 6.07) is 5.29. The van der Waals surface area contributed by atoms with E-state index in [1.807, 2.05) is 0 Å². The molecule has 8 heteroatoms. The second kappa shape index (κ2) is 5.47. The molecule has 0 saturated heterocycles. The average molecular weight is 331 g/mol. The first-order valence-electron chi connectivity index (χ1n) is 3.96. The van der Waals surface area contributed by atoms with Gasteiger partial charge < -0.3 is 0 Å². The molecule has 90 valence electrons. The standard InChI is InChI=1S/C9H3Cl4NO2S/c10-5-1-2-6(11)8(3-5)17(15,16)9(13)7(12)4-14/h1-3H/b9-7-. The second-order valence-electron chi connectivity index (χ2n) is 2.78. The fourth-order valence-corrected chi connectivity index (χ4v) is 3.28. The maximum Gasteiger partial charge on any atom is 0.221 e. The van der Waals surface area contributed by atoms with E-state index in [2.05, 4.69) is 0 Å². The number of benzene rings is 1. The van der Waals surface area contributed by atoms with E-state index in [9.17, 15) is 8.42 Å². The monoisotopic (exact) mass is 329 g/mol. The van der Waals surface area contributed by atoms with Crippen molar-refractivity contribution in [2.45, 2.75) is 4.90 Å². The third kappa shape index (κ3) is 3.06. The number of hydrogen-bond donors (Lipinski definition) is 0. The van der Waals surface area contributed by atoms with E-state index in [0.29, 0.717) is 0 Å². The summed E-state index contributed by atoms with van der Waals surface area (Å²) in [7, 11) is -4.13. The minimum Gasteiger partial charge on any atom is -0.217 e. The Morgan fingerprint density at radius 1 is 1.24 bits per heavy atom. The maximum atomic E-state index is 11.9. The van der Waals surface area contributed by atoms with Crippen molar-refractivity contribution in [2.24, 2.45) is 0 Å². The molecular formula is C9H3Cl4NO2S. The molecule has 3 nitrogen and oxygen atoms in total. The van der Waals surface area contributed by atoms with Crippen molar-refractivity contribution in [3.05, 3.63) is 37.6 Å². The quantitative estimate of drug-likeness (QED) is 0.772. The molecule has 0 aliphatic carbocycles. The van der Waals surface area contributed by atoms with Crippen LogP contribution in [0.2, 0.25) is 10.0 Å². The van der Waals surface area contributed by atoms with E-state index in [0.717, 1.165) is 6.07 Å². The molecule has 0 atom stereocenters. The van der Waals surface area contributed by atoms with E-state index in [-0.39, 0.29) is 14.9 Å². The first-order valence-corrected chi connectivity index (χ1v) is 6.95. The fraction of sp³-hybridized carbons (Fsp3) is 0. The Morgan fingerprint density at radius 3 is 2.35 bits per heavy atom. The van der Waals surface area contributed by atoms with E-state index in [1.54, 1.807) is 0 Å². The van der Waals surface area contributed by atoms with Gasteiger partial charge in [-0.05, 0) is 18.2 Å². The van der Waals surface area contributed by atoms with Gasteiger partial charge in [-0.25, -0.2) is 8.42 Å². The van der Waals surface area contributed by atoms with Crippen molar-refractivity contribution in [3.63, 3.8) is 0 Å². The third-order valence-corrected chi connectivity index (χ3v) is 5.24. The zero-order valence-electron chi connectivity index (χ0n) is 7.92. The minimum absolute atomic E-state index is 0.0602. The van der Waals surface area contributed by atoms with Crippen LogP contribution in [0.4, 0.5) is 0 Å². The number of sulfone groups is 1. The zero-order valence-corrected chi connectivity index (χ0v) is 11.8. The van der Waals surface area contributed by atoms with E-state index in [4.69, 9.17) is 51.7 Å². The maximum absolute atomic E-state index is 11.9. The molecule has 0 unspecified atom stereocenters. The lowest BCUT2D eigenvalue weighted by atomic mass is 10.4. The van der Waals surface area contributed by atoms with Crippen LogP contribution in [0.1, 0.15) is 0 Å². The summed E-state index contributed by atoms with van der Waals surface area (Å²) in [6.07, 6.45) is 0. The van der Waals surface area contributed by atoms with Crippen molar-refractivity contribution in [3.8, 4) is 6.07 Å². The number of hydrogen-bond acceptors (Lipinski definition) is 3. The van der Waals surface area contributed by atoms with Gasteiger partial charge in [-0.2, -0.15) is 5.26 Å². The number of halogens is 4. The van der Waals surface area contributed by atoms with Crippen LogP contribution < -0.4 is 0 Å². The lowest BCUT2D eigenvalue weighted by Gasteiger charge is -2.05. The highest BCUT2D eigenvalue weighted by atomic mass is 35.5. The summed E-state index contributed by atoms with van der Waals surface area (Å²) in [5, 5.41) is 7.97. The Morgan fingerprint density at radius 2 is 1.82 bits per heavy atom.